The molecular weight excluding hydrogens is 319 g/mol. The van der Waals surface area contributed by atoms with Gasteiger partial charge in [0.15, 0.2) is 9.84 Å². The Balaban J connectivity index is 2.28. The Morgan fingerprint density at radius 2 is 1.83 bits per heavy atom. The van der Waals surface area contributed by atoms with Crippen LogP contribution >= 0.6 is 0 Å². The number of halogens is 1. The molecular formula is C17H17FO4S. The van der Waals surface area contributed by atoms with Crippen LogP contribution in [-0.2, 0) is 14.6 Å². The van der Waals surface area contributed by atoms with Crippen molar-refractivity contribution in [2.45, 2.75) is 24.7 Å². The molecule has 6 heteroatoms. The molecule has 2 rings (SSSR count). The topological polar surface area (TPSA) is 71.4 Å². The minimum Gasteiger partial charge on any atom is -0.481 e. The number of hydrogen-bond acceptors (Lipinski definition) is 3. The summed E-state index contributed by atoms with van der Waals surface area (Å²) in [7, 11) is -3.54. The molecule has 0 atom stereocenters. The lowest BCUT2D eigenvalue weighted by atomic mass is 10.0. The highest BCUT2D eigenvalue weighted by Gasteiger charge is 2.16. The molecule has 4 nitrogen and oxygen atoms in total. The zero-order valence-corrected chi connectivity index (χ0v) is 13.4. The van der Waals surface area contributed by atoms with E-state index in [2.05, 4.69) is 0 Å². The number of aryl methyl sites for hydroxylation is 1. The Bertz CT molecular complexity index is 828. The lowest BCUT2D eigenvalue weighted by Crippen LogP contribution is -2.08. The molecule has 122 valence electrons. The second-order valence-electron chi connectivity index (χ2n) is 5.31. The van der Waals surface area contributed by atoms with Crippen LogP contribution in [0.25, 0.3) is 11.1 Å². The SMILES string of the molecule is Cc1cc(-c2cccc(S(=O)(=O)CCCC(=O)O)c2)ccc1F. The molecule has 0 aromatic heterocycles. The number of benzene rings is 2. The zero-order valence-electron chi connectivity index (χ0n) is 12.6. The molecule has 0 aliphatic carbocycles. The first kappa shape index (κ1) is 17.1. The van der Waals surface area contributed by atoms with Crippen LogP contribution in [0.2, 0.25) is 0 Å². The first-order valence-electron chi connectivity index (χ1n) is 7.11. The second kappa shape index (κ2) is 6.91. The molecule has 23 heavy (non-hydrogen) atoms. The van der Waals surface area contributed by atoms with Crippen molar-refractivity contribution in [2.24, 2.45) is 0 Å². The van der Waals surface area contributed by atoms with Gasteiger partial charge in [-0.2, -0.15) is 0 Å². The van der Waals surface area contributed by atoms with E-state index in [0.29, 0.717) is 11.1 Å². The number of rotatable bonds is 6. The molecule has 0 bridgehead atoms. The van der Waals surface area contributed by atoms with Crippen molar-refractivity contribution in [3.63, 3.8) is 0 Å². The first-order chi connectivity index (χ1) is 10.8. The summed E-state index contributed by atoms with van der Waals surface area (Å²) in [4.78, 5) is 10.6. The van der Waals surface area contributed by atoms with Crippen LogP contribution in [-0.4, -0.2) is 25.2 Å². The summed E-state index contributed by atoms with van der Waals surface area (Å²) in [6.07, 6.45) is -0.117. The third-order valence-corrected chi connectivity index (χ3v) is 5.29. The maximum Gasteiger partial charge on any atom is 0.303 e. The average molecular weight is 336 g/mol. The van der Waals surface area contributed by atoms with Gasteiger partial charge >= 0.3 is 5.97 Å². The molecule has 2 aromatic carbocycles. The van der Waals surface area contributed by atoms with Gasteiger partial charge in [-0.15, -0.1) is 0 Å². The third-order valence-electron chi connectivity index (χ3n) is 3.49. The van der Waals surface area contributed by atoms with Crippen molar-refractivity contribution in [2.75, 3.05) is 5.75 Å². The Labute approximate surface area is 134 Å². The summed E-state index contributed by atoms with van der Waals surface area (Å²) >= 11 is 0. The molecule has 0 aliphatic rings. The van der Waals surface area contributed by atoms with E-state index in [1.54, 1.807) is 31.2 Å². The molecule has 1 N–H and O–H groups in total. The van der Waals surface area contributed by atoms with Crippen LogP contribution < -0.4 is 0 Å². The van der Waals surface area contributed by atoms with E-state index in [0.717, 1.165) is 5.56 Å². The van der Waals surface area contributed by atoms with Crippen molar-refractivity contribution in [1.82, 2.24) is 0 Å². The Morgan fingerprint density at radius 1 is 1.13 bits per heavy atom. The first-order valence-corrected chi connectivity index (χ1v) is 8.76. The standard InChI is InChI=1S/C17H17FO4S/c1-12-10-14(7-8-16(12)18)13-4-2-5-15(11-13)23(21,22)9-3-6-17(19)20/h2,4-5,7-8,10-11H,3,6,9H2,1H3,(H,19,20). The van der Waals surface area contributed by atoms with Crippen molar-refractivity contribution in [1.29, 1.82) is 0 Å². The van der Waals surface area contributed by atoms with Crippen LogP contribution in [0.1, 0.15) is 18.4 Å². The summed E-state index contributed by atoms with van der Waals surface area (Å²) in [5.74, 6) is -1.55. The number of aliphatic carboxylic acids is 1. The minimum absolute atomic E-state index is 0.0670. The number of sulfone groups is 1. The summed E-state index contributed by atoms with van der Waals surface area (Å²) < 4.78 is 37.9. The maximum atomic E-state index is 13.3. The van der Waals surface area contributed by atoms with Crippen LogP contribution in [0.15, 0.2) is 47.4 Å². The molecule has 0 saturated carbocycles. The van der Waals surface area contributed by atoms with Gasteiger partial charge in [-0.3, -0.25) is 4.79 Å². The quantitative estimate of drug-likeness (QED) is 0.877. The number of carboxylic acids is 1. The Kier molecular flexibility index (Phi) is 5.15. The Morgan fingerprint density at radius 3 is 2.48 bits per heavy atom. The molecule has 0 spiro atoms. The summed E-state index contributed by atoms with van der Waals surface area (Å²) in [5, 5.41) is 8.60. The predicted molar refractivity (Wildman–Crippen MR) is 85.5 cm³/mol. The van der Waals surface area contributed by atoms with Crippen molar-refractivity contribution in [3.8, 4) is 11.1 Å². The minimum atomic E-state index is -3.54. The van der Waals surface area contributed by atoms with Crippen molar-refractivity contribution in [3.05, 3.63) is 53.8 Å². The third kappa shape index (κ3) is 4.39. The van der Waals surface area contributed by atoms with E-state index in [-0.39, 0.29) is 29.3 Å². The smallest absolute Gasteiger partial charge is 0.303 e. The molecule has 0 amide bonds. The highest BCUT2D eigenvalue weighted by molar-refractivity contribution is 7.91. The summed E-state index contributed by atoms with van der Waals surface area (Å²) in [6.45, 7) is 1.64. The fourth-order valence-corrected chi connectivity index (χ4v) is 3.58. The molecule has 0 heterocycles. The van der Waals surface area contributed by atoms with Gasteiger partial charge in [-0.1, -0.05) is 18.2 Å². The van der Waals surface area contributed by atoms with E-state index in [1.165, 1.54) is 18.2 Å². The van der Waals surface area contributed by atoms with Gasteiger partial charge in [-0.25, -0.2) is 12.8 Å². The van der Waals surface area contributed by atoms with Crippen LogP contribution in [0.4, 0.5) is 4.39 Å². The van der Waals surface area contributed by atoms with E-state index >= 15 is 0 Å². The lowest BCUT2D eigenvalue weighted by molar-refractivity contribution is -0.137. The highest BCUT2D eigenvalue weighted by Crippen LogP contribution is 2.25. The van der Waals surface area contributed by atoms with Gasteiger partial charge in [0.2, 0.25) is 0 Å². The van der Waals surface area contributed by atoms with Crippen LogP contribution in [0.5, 0.6) is 0 Å². The van der Waals surface area contributed by atoms with Gasteiger partial charge in [0.1, 0.15) is 5.82 Å². The molecule has 0 aliphatic heterocycles. The lowest BCUT2D eigenvalue weighted by Gasteiger charge is -2.08. The van der Waals surface area contributed by atoms with E-state index < -0.39 is 15.8 Å². The van der Waals surface area contributed by atoms with Crippen molar-refractivity contribution < 1.29 is 22.7 Å². The molecule has 0 fully saturated rings. The molecule has 0 radical (unpaired) electrons. The summed E-state index contributed by atoms with van der Waals surface area (Å²) in [5.41, 5.74) is 1.89. The normalized spacial score (nSPS) is 11.4. The number of carboxylic acid groups (broad SMARTS) is 1. The van der Waals surface area contributed by atoms with Crippen LogP contribution in [0.3, 0.4) is 0 Å². The van der Waals surface area contributed by atoms with Gasteiger partial charge in [0.25, 0.3) is 0 Å². The highest BCUT2D eigenvalue weighted by atomic mass is 32.2. The molecule has 0 unspecified atom stereocenters. The predicted octanol–water partition coefficient (Wildman–Crippen LogP) is 3.44. The van der Waals surface area contributed by atoms with E-state index in [9.17, 15) is 17.6 Å². The molecule has 2 aromatic rings. The summed E-state index contributed by atoms with van der Waals surface area (Å²) in [6, 6.07) is 11.0. The van der Waals surface area contributed by atoms with Crippen molar-refractivity contribution >= 4 is 15.8 Å². The van der Waals surface area contributed by atoms with Crippen LogP contribution in [0, 0.1) is 12.7 Å². The van der Waals surface area contributed by atoms with Gasteiger partial charge in [-0.05, 0) is 54.3 Å². The van der Waals surface area contributed by atoms with E-state index in [4.69, 9.17) is 5.11 Å². The molecule has 0 saturated heterocycles. The largest absolute Gasteiger partial charge is 0.481 e. The fraction of sp³-hybridized carbons (Fsp3) is 0.235. The monoisotopic (exact) mass is 336 g/mol. The fourth-order valence-electron chi connectivity index (χ4n) is 2.22. The van der Waals surface area contributed by atoms with Gasteiger partial charge < -0.3 is 5.11 Å². The van der Waals surface area contributed by atoms with Gasteiger partial charge in [0.05, 0.1) is 10.6 Å². The number of carbonyl (C=O) groups is 1. The zero-order chi connectivity index (χ0) is 17.0. The maximum absolute atomic E-state index is 13.3. The van der Waals surface area contributed by atoms with E-state index in [1.807, 2.05) is 0 Å². The average Bonchev–Trinajstić information content (AvgIpc) is 2.49. The second-order valence-corrected chi connectivity index (χ2v) is 7.42. The number of hydrogen-bond donors (Lipinski definition) is 1. The van der Waals surface area contributed by atoms with Gasteiger partial charge in [0, 0.05) is 6.42 Å². The Hall–Kier alpha value is -2.21.